The van der Waals surface area contributed by atoms with Gasteiger partial charge in [-0.2, -0.15) is 13.2 Å². The summed E-state index contributed by atoms with van der Waals surface area (Å²) in [6.45, 7) is 16.2. The monoisotopic (exact) mass is 688 g/mol. The van der Waals surface area contributed by atoms with Gasteiger partial charge in [-0.3, -0.25) is 0 Å². The molecule has 1 heterocycles. The van der Waals surface area contributed by atoms with Crippen LogP contribution >= 0.6 is 0 Å². The molecule has 1 saturated heterocycles. The van der Waals surface area contributed by atoms with E-state index in [1.54, 1.807) is 6.07 Å². The number of alkyl halides is 3. The van der Waals surface area contributed by atoms with Gasteiger partial charge in [0.05, 0.1) is 24.9 Å². The van der Waals surface area contributed by atoms with Crippen LogP contribution in [0.15, 0.2) is 42.0 Å². The maximum Gasteiger partial charge on any atom is 0.432 e. The van der Waals surface area contributed by atoms with Gasteiger partial charge in [-0.05, 0) is 83.9 Å². The van der Waals surface area contributed by atoms with Crippen molar-refractivity contribution in [3.8, 4) is 0 Å². The van der Waals surface area contributed by atoms with Crippen molar-refractivity contribution in [2.24, 2.45) is 56.7 Å². The molecule has 2 N–H and O–H groups in total. The number of hydrogen-bond acceptors (Lipinski definition) is 6. The van der Waals surface area contributed by atoms with Crippen LogP contribution < -0.4 is 0 Å². The highest BCUT2D eigenvalue weighted by Gasteiger charge is 2.75. The minimum Gasteiger partial charge on any atom is -0.457 e. The van der Waals surface area contributed by atoms with Crippen molar-refractivity contribution < 1.29 is 42.4 Å². The Morgan fingerprint density at radius 3 is 2.29 bits per heavy atom. The van der Waals surface area contributed by atoms with Crippen molar-refractivity contribution >= 4 is 5.97 Å². The number of allylic oxidation sites excluding steroid dienone is 1. The molecule has 0 unspecified atom stereocenters. The van der Waals surface area contributed by atoms with Gasteiger partial charge in [0.1, 0.15) is 6.10 Å². The Balaban J connectivity index is 1.27. The van der Waals surface area contributed by atoms with Gasteiger partial charge in [0.2, 0.25) is 0 Å². The molecule has 1 aromatic carbocycles. The molecule has 0 amide bonds. The highest BCUT2D eigenvalue weighted by atomic mass is 19.4. The summed E-state index contributed by atoms with van der Waals surface area (Å²) < 4.78 is 61.9. The minimum atomic E-state index is -5.12. The number of aliphatic hydroxyl groups is 2. The number of carbonyl (C=O) groups is 1. The third-order valence-corrected chi connectivity index (χ3v) is 15.8. The molecule has 4 saturated carbocycles. The molecule has 7 rings (SSSR count). The summed E-state index contributed by atoms with van der Waals surface area (Å²) in [5, 5.41) is 24.0. The molecule has 13 atom stereocenters. The van der Waals surface area contributed by atoms with Crippen molar-refractivity contribution in [3.63, 3.8) is 0 Å². The fourth-order valence-corrected chi connectivity index (χ4v) is 13.4. The average molecular weight is 689 g/mol. The summed E-state index contributed by atoms with van der Waals surface area (Å²) in [5.74, 6) is -0.362. The van der Waals surface area contributed by atoms with E-state index in [9.17, 15) is 28.2 Å². The van der Waals surface area contributed by atoms with Gasteiger partial charge in [0.15, 0.2) is 0 Å². The van der Waals surface area contributed by atoms with E-state index in [1.807, 2.05) is 13.8 Å². The quantitative estimate of drug-likeness (QED) is 0.245. The number of ether oxygens (including phenoxy) is 3. The third kappa shape index (κ3) is 4.37. The number of carbonyl (C=O) groups excluding carboxylic acids is 1. The summed E-state index contributed by atoms with van der Waals surface area (Å²) in [6, 6.07) is 6.81. The van der Waals surface area contributed by atoms with Crippen LogP contribution in [0.1, 0.15) is 92.6 Å². The fourth-order valence-electron chi connectivity index (χ4n) is 13.4. The van der Waals surface area contributed by atoms with E-state index >= 15 is 0 Å². The number of benzene rings is 1. The van der Waals surface area contributed by atoms with Crippen molar-refractivity contribution in [1.29, 1.82) is 0 Å². The standard InChI is InChI=1S/C40H55F3O6/c1-22(2)25-18-27-31-37(7)15-14-24-30(36(37,6)16-17-38(25,31)21-48-27)26(44)19-29-34(3,4)32(45)28(20-35(24,29)5)49-33(46)39(47-8,40(41,42)43)23-12-10-9-11-13-23/h9-14,22,25-32,44-45H,15-21H2,1-8H3/t25-,26-,27-,28+,29-,30-,31+,32-,35+,36-,37+,38+,39-/m0/s1. The van der Waals surface area contributed by atoms with E-state index in [2.05, 4.69) is 40.7 Å². The van der Waals surface area contributed by atoms with Gasteiger partial charge in [-0.15, -0.1) is 0 Å². The molecule has 6 nitrogen and oxygen atoms in total. The summed E-state index contributed by atoms with van der Waals surface area (Å²) in [5.41, 5.74) is -4.35. The van der Waals surface area contributed by atoms with E-state index in [-0.39, 0.29) is 46.2 Å². The van der Waals surface area contributed by atoms with Crippen LogP contribution in [0.25, 0.3) is 0 Å². The number of halogens is 3. The van der Waals surface area contributed by atoms with Crippen LogP contribution in [0.2, 0.25) is 0 Å². The van der Waals surface area contributed by atoms with Crippen LogP contribution in [-0.4, -0.2) is 60.5 Å². The van der Waals surface area contributed by atoms with E-state index in [0.717, 1.165) is 45.0 Å². The maximum atomic E-state index is 14.8. The molecular weight excluding hydrogens is 633 g/mol. The Kier molecular flexibility index (Phi) is 7.99. The Morgan fingerprint density at radius 1 is 1.00 bits per heavy atom. The lowest BCUT2D eigenvalue weighted by atomic mass is 9.35. The van der Waals surface area contributed by atoms with Crippen LogP contribution in [0.3, 0.4) is 0 Å². The number of hydrogen-bond donors (Lipinski definition) is 2. The molecule has 1 aromatic rings. The zero-order chi connectivity index (χ0) is 35.7. The second-order valence-corrected chi connectivity index (χ2v) is 18.3. The molecule has 0 spiro atoms. The zero-order valence-corrected chi connectivity index (χ0v) is 30.3. The van der Waals surface area contributed by atoms with Crippen molar-refractivity contribution in [2.75, 3.05) is 13.7 Å². The summed E-state index contributed by atoms with van der Waals surface area (Å²) >= 11 is 0. The van der Waals surface area contributed by atoms with E-state index < -0.39 is 46.9 Å². The maximum absolute atomic E-state index is 14.8. The number of methoxy groups -OCH3 is 1. The molecule has 6 aliphatic rings. The second-order valence-electron chi connectivity index (χ2n) is 18.3. The molecule has 0 aromatic heterocycles. The Hall–Kier alpha value is -1.94. The van der Waals surface area contributed by atoms with Crippen molar-refractivity contribution in [1.82, 2.24) is 0 Å². The minimum absolute atomic E-state index is 0.107. The van der Waals surface area contributed by atoms with Crippen LogP contribution in [0.4, 0.5) is 13.2 Å². The Morgan fingerprint density at radius 2 is 1.67 bits per heavy atom. The highest BCUT2D eigenvalue weighted by Crippen LogP contribution is 2.78. The topological polar surface area (TPSA) is 85.2 Å². The van der Waals surface area contributed by atoms with E-state index in [0.29, 0.717) is 24.2 Å². The van der Waals surface area contributed by atoms with Gasteiger partial charge >= 0.3 is 12.1 Å². The Bertz CT molecular complexity index is 1510. The number of esters is 1. The van der Waals surface area contributed by atoms with Crippen LogP contribution in [-0.2, 0) is 24.6 Å². The molecule has 9 heteroatoms. The normalized spacial score (nSPS) is 46.5. The predicted molar refractivity (Wildman–Crippen MR) is 178 cm³/mol. The SMILES string of the molecule is CO[C@](C(=O)O[C@@H]1C[C@]2(C)C3=CC[C@]4(C)[C@H]5[C@@H]6C[C@@H](C(C)C)[C@@]5(CC[C@@]4(C)[C@@H]3[C@@H](O)C[C@H]2C(C)(C)[C@H]1O)CO6)(c1ccccc1)C(F)(F)F. The fraction of sp³-hybridized carbons (Fsp3) is 0.775. The lowest BCUT2D eigenvalue weighted by Gasteiger charge is -2.69. The molecule has 272 valence electrons. The van der Waals surface area contributed by atoms with Crippen molar-refractivity contribution in [2.45, 2.75) is 123 Å². The molecule has 2 bridgehead atoms. The summed E-state index contributed by atoms with van der Waals surface area (Å²) in [6.07, 6.45) is -1.17. The third-order valence-electron chi connectivity index (χ3n) is 15.8. The molecule has 5 aliphatic carbocycles. The van der Waals surface area contributed by atoms with Gasteiger partial charge in [-0.25, -0.2) is 4.79 Å². The number of rotatable bonds is 5. The van der Waals surface area contributed by atoms with Gasteiger partial charge in [-0.1, -0.05) is 90.4 Å². The first-order chi connectivity index (χ1) is 22.8. The first-order valence-electron chi connectivity index (χ1n) is 18.3. The first-order valence-corrected chi connectivity index (χ1v) is 18.3. The van der Waals surface area contributed by atoms with E-state index in [1.165, 1.54) is 24.3 Å². The largest absolute Gasteiger partial charge is 0.457 e. The summed E-state index contributed by atoms with van der Waals surface area (Å²) in [7, 11) is 0.858. The number of fused-ring (bicyclic) bond motifs is 5. The Labute approximate surface area is 289 Å². The van der Waals surface area contributed by atoms with Crippen LogP contribution in [0.5, 0.6) is 0 Å². The van der Waals surface area contributed by atoms with Gasteiger partial charge < -0.3 is 24.4 Å². The molecule has 5 fully saturated rings. The van der Waals surface area contributed by atoms with Crippen molar-refractivity contribution in [3.05, 3.63) is 47.5 Å². The molecule has 0 radical (unpaired) electrons. The lowest BCUT2D eigenvalue weighted by molar-refractivity contribution is -0.284. The van der Waals surface area contributed by atoms with E-state index in [4.69, 9.17) is 14.2 Å². The van der Waals surface area contributed by atoms with Gasteiger partial charge in [0, 0.05) is 24.0 Å². The first kappa shape index (κ1) is 35.5. The second kappa shape index (κ2) is 11.0. The molecular formula is C40H55F3O6. The molecule has 1 aliphatic heterocycles. The molecule has 49 heavy (non-hydrogen) atoms. The highest BCUT2D eigenvalue weighted by molar-refractivity contribution is 5.83. The zero-order valence-electron chi connectivity index (χ0n) is 30.3. The summed E-state index contributed by atoms with van der Waals surface area (Å²) in [4.78, 5) is 13.9. The van der Waals surface area contributed by atoms with Crippen LogP contribution in [0, 0.1) is 56.7 Å². The average Bonchev–Trinajstić information content (AvgIpc) is 3.57. The van der Waals surface area contributed by atoms with Gasteiger partial charge in [0.25, 0.3) is 5.60 Å². The smallest absolute Gasteiger partial charge is 0.432 e. The number of aliphatic hydroxyl groups excluding tert-OH is 2. The predicted octanol–water partition coefficient (Wildman–Crippen LogP) is 7.61. The lowest BCUT2D eigenvalue weighted by Crippen LogP contribution is -2.67.